The molecular formula is C22H22FN3O2. The van der Waals surface area contributed by atoms with Crippen LogP contribution < -0.4 is 15.8 Å². The molecule has 0 saturated carbocycles. The number of hydrogen-bond acceptors (Lipinski definition) is 4. The fourth-order valence-corrected chi connectivity index (χ4v) is 3.33. The molecule has 0 amide bonds. The lowest BCUT2D eigenvalue weighted by atomic mass is 10.1. The van der Waals surface area contributed by atoms with Gasteiger partial charge in [0.15, 0.2) is 0 Å². The van der Waals surface area contributed by atoms with Crippen LogP contribution in [0.4, 0.5) is 15.8 Å². The van der Waals surface area contributed by atoms with Crippen molar-refractivity contribution in [2.45, 2.75) is 6.54 Å². The van der Waals surface area contributed by atoms with E-state index in [-0.39, 0.29) is 11.4 Å². The second-order valence-electron chi connectivity index (χ2n) is 6.73. The molecule has 1 fully saturated rings. The van der Waals surface area contributed by atoms with Crippen molar-refractivity contribution in [1.82, 2.24) is 4.98 Å². The first-order valence-corrected chi connectivity index (χ1v) is 9.34. The molecule has 2 N–H and O–H groups in total. The zero-order valence-corrected chi connectivity index (χ0v) is 15.5. The zero-order valence-electron chi connectivity index (χ0n) is 15.5. The number of morpholine rings is 1. The van der Waals surface area contributed by atoms with Gasteiger partial charge in [0.2, 0.25) is 0 Å². The van der Waals surface area contributed by atoms with Gasteiger partial charge in [-0.3, -0.25) is 4.79 Å². The summed E-state index contributed by atoms with van der Waals surface area (Å²) in [6.45, 7) is 2.91. The summed E-state index contributed by atoms with van der Waals surface area (Å²) >= 11 is 0. The summed E-state index contributed by atoms with van der Waals surface area (Å²) in [5.74, 6) is -0.279. The monoisotopic (exact) mass is 379 g/mol. The molecule has 1 saturated heterocycles. The van der Waals surface area contributed by atoms with Crippen molar-refractivity contribution in [3.05, 3.63) is 82.5 Å². The predicted molar refractivity (Wildman–Crippen MR) is 109 cm³/mol. The number of nitrogens with one attached hydrogen (secondary N) is 2. The number of benzene rings is 2. The molecule has 2 aromatic carbocycles. The van der Waals surface area contributed by atoms with Crippen molar-refractivity contribution in [3.8, 4) is 11.1 Å². The third-order valence-electron chi connectivity index (χ3n) is 4.87. The van der Waals surface area contributed by atoms with Crippen molar-refractivity contribution < 1.29 is 9.13 Å². The summed E-state index contributed by atoms with van der Waals surface area (Å²) in [6, 6.07) is 16.8. The van der Waals surface area contributed by atoms with Crippen LogP contribution in [0.1, 0.15) is 5.56 Å². The highest BCUT2D eigenvalue weighted by Gasteiger charge is 2.15. The highest BCUT2D eigenvalue weighted by Crippen LogP contribution is 2.24. The number of anilines is 2. The van der Waals surface area contributed by atoms with Gasteiger partial charge in [-0.15, -0.1) is 0 Å². The summed E-state index contributed by atoms with van der Waals surface area (Å²) < 4.78 is 19.9. The molecule has 2 heterocycles. The van der Waals surface area contributed by atoms with Gasteiger partial charge >= 0.3 is 0 Å². The maximum Gasteiger partial charge on any atom is 0.252 e. The van der Waals surface area contributed by atoms with Gasteiger partial charge in [0, 0.05) is 37.1 Å². The van der Waals surface area contributed by atoms with Gasteiger partial charge in [0.05, 0.1) is 18.9 Å². The summed E-state index contributed by atoms with van der Waals surface area (Å²) in [4.78, 5) is 16.9. The van der Waals surface area contributed by atoms with Crippen LogP contribution in [-0.2, 0) is 11.3 Å². The van der Waals surface area contributed by atoms with E-state index in [2.05, 4.69) is 10.3 Å². The van der Waals surface area contributed by atoms with Gasteiger partial charge in [0.1, 0.15) is 5.82 Å². The average Bonchev–Trinajstić information content (AvgIpc) is 2.74. The predicted octanol–water partition coefficient (Wildman–Crippen LogP) is 3.63. The third kappa shape index (κ3) is 4.07. The standard InChI is InChI=1S/C22H22FN3O2/c23-20-13-19(6-7-21(20)26-8-10-28-11-9-26)24-15-18-12-17(14-25-22(18)27)16-4-2-1-3-5-16/h1-7,12-14,24H,8-11,15H2,(H,25,27). The Morgan fingerprint density at radius 2 is 1.82 bits per heavy atom. The van der Waals surface area contributed by atoms with E-state index in [0.717, 1.165) is 11.1 Å². The van der Waals surface area contributed by atoms with Crippen LogP contribution in [0, 0.1) is 5.82 Å². The van der Waals surface area contributed by atoms with Crippen LogP contribution in [0.2, 0.25) is 0 Å². The molecule has 0 spiro atoms. The lowest BCUT2D eigenvalue weighted by molar-refractivity contribution is 0.122. The molecule has 1 aliphatic rings. The topological polar surface area (TPSA) is 57.4 Å². The van der Waals surface area contributed by atoms with E-state index < -0.39 is 0 Å². The molecule has 6 heteroatoms. The highest BCUT2D eigenvalue weighted by atomic mass is 19.1. The highest BCUT2D eigenvalue weighted by molar-refractivity contribution is 5.63. The molecule has 3 aromatic rings. The van der Waals surface area contributed by atoms with Crippen molar-refractivity contribution in [2.24, 2.45) is 0 Å². The van der Waals surface area contributed by atoms with Crippen LogP contribution >= 0.6 is 0 Å². The van der Waals surface area contributed by atoms with Gasteiger partial charge in [-0.2, -0.15) is 0 Å². The normalized spacial score (nSPS) is 14.1. The van der Waals surface area contributed by atoms with Crippen molar-refractivity contribution in [1.29, 1.82) is 0 Å². The van der Waals surface area contributed by atoms with Crippen LogP contribution in [0.15, 0.2) is 65.6 Å². The number of aromatic nitrogens is 1. The van der Waals surface area contributed by atoms with Gasteiger partial charge in [-0.05, 0) is 35.4 Å². The minimum atomic E-state index is -0.279. The number of aromatic amines is 1. The van der Waals surface area contributed by atoms with Crippen molar-refractivity contribution in [3.63, 3.8) is 0 Å². The summed E-state index contributed by atoms with van der Waals surface area (Å²) in [5, 5.41) is 3.15. The minimum Gasteiger partial charge on any atom is -0.381 e. The number of ether oxygens (including phenoxy) is 1. The van der Waals surface area contributed by atoms with Gasteiger partial charge in [0.25, 0.3) is 5.56 Å². The fourth-order valence-electron chi connectivity index (χ4n) is 3.33. The summed E-state index contributed by atoms with van der Waals surface area (Å²) in [6.07, 6.45) is 1.71. The average molecular weight is 379 g/mol. The zero-order chi connectivity index (χ0) is 19.3. The molecule has 5 nitrogen and oxygen atoms in total. The number of pyridine rings is 1. The van der Waals surface area contributed by atoms with E-state index >= 15 is 0 Å². The molecule has 0 radical (unpaired) electrons. The van der Waals surface area contributed by atoms with E-state index in [1.165, 1.54) is 6.07 Å². The maximum absolute atomic E-state index is 14.5. The molecule has 28 heavy (non-hydrogen) atoms. The van der Waals surface area contributed by atoms with E-state index in [1.807, 2.05) is 47.4 Å². The van der Waals surface area contributed by atoms with Crippen LogP contribution in [0.5, 0.6) is 0 Å². The molecule has 1 aromatic heterocycles. The molecule has 0 atom stereocenters. The maximum atomic E-state index is 14.5. The van der Waals surface area contributed by atoms with Crippen LogP contribution in [0.25, 0.3) is 11.1 Å². The number of hydrogen-bond donors (Lipinski definition) is 2. The number of H-pyrrole nitrogens is 1. The Morgan fingerprint density at radius 3 is 2.57 bits per heavy atom. The number of halogens is 1. The number of rotatable bonds is 5. The Morgan fingerprint density at radius 1 is 1.04 bits per heavy atom. The molecule has 144 valence electrons. The van der Waals surface area contributed by atoms with Crippen LogP contribution in [0.3, 0.4) is 0 Å². The molecule has 0 unspecified atom stereocenters. The molecule has 0 bridgehead atoms. The molecular weight excluding hydrogens is 357 g/mol. The Labute approximate surface area is 162 Å². The fraction of sp³-hybridized carbons (Fsp3) is 0.227. The Kier molecular flexibility index (Phi) is 5.39. The smallest absolute Gasteiger partial charge is 0.252 e. The first-order chi connectivity index (χ1) is 13.7. The van der Waals surface area contributed by atoms with Gasteiger partial charge in [-0.1, -0.05) is 30.3 Å². The van der Waals surface area contributed by atoms with Gasteiger partial charge < -0.3 is 19.9 Å². The Hall–Kier alpha value is -3.12. The lowest BCUT2D eigenvalue weighted by Gasteiger charge is -2.29. The first kappa shape index (κ1) is 18.3. The Bertz CT molecular complexity index is 998. The number of nitrogens with zero attached hydrogens (tertiary/aromatic N) is 1. The SMILES string of the molecule is O=c1[nH]cc(-c2ccccc2)cc1CNc1ccc(N2CCOCC2)c(F)c1. The Balaban J connectivity index is 1.48. The summed E-state index contributed by atoms with van der Waals surface area (Å²) in [7, 11) is 0. The third-order valence-corrected chi connectivity index (χ3v) is 4.87. The second kappa shape index (κ2) is 8.27. The van der Waals surface area contributed by atoms with E-state index in [4.69, 9.17) is 4.74 Å². The van der Waals surface area contributed by atoms with Crippen molar-refractivity contribution in [2.75, 3.05) is 36.5 Å². The molecule has 4 rings (SSSR count). The quantitative estimate of drug-likeness (QED) is 0.711. The molecule has 1 aliphatic heterocycles. The van der Waals surface area contributed by atoms with E-state index in [0.29, 0.717) is 49.8 Å². The summed E-state index contributed by atoms with van der Waals surface area (Å²) in [5.41, 5.74) is 3.63. The lowest BCUT2D eigenvalue weighted by Crippen LogP contribution is -2.36. The van der Waals surface area contributed by atoms with E-state index in [9.17, 15) is 9.18 Å². The largest absolute Gasteiger partial charge is 0.381 e. The minimum absolute atomic E-state index is 0.155. The molecule has 0 aliphatic carbocycles. The first-order valence-electron chi connectivity index (χ1n) is 9.34. The van der Waals surface area contributed by atoms with E-state index in [1.54, 1.807) is 12.3 Å². The van der Waals surface area contributed by atoms with Gasteiger partial charge in [-0.25, -0.2) is 4.39 Å². The second-order valence-corrected chi connectivity index (χ2v) is 6.73. The van der Waals surface area contributed by atoms with Crippen LogP contribution in [-0.4, -0.2) is 31.3 Å². The van der Waals surface area contributed by atoms with Crippen molar-refractivity contribution >= 4 is 11.4 Å².